The Balaban J connectivity index is 0.000000265. The number of carbonyl (C=O) groups is 6. The first kappa shape index (κ1) is 60.3. The predicted molar refractivity (Wildman–Crippen MR) is 259 cm³/mol. The van der Waals surface area contributed by atoms with Gasteiger partial charge in [-0.15, -0.1) is 0 Å². The van der Waals surface area contributed by atoms with Crippen molar-refractivity contribution in [1.29, 1.82) is 0 Å². The minimum absolute atomic E-state index is 0. The standard InChI is InChI=1S/C23H33NO4.C15H19NO3.C8H14O.C4H6BO4.C2H4O2.Na/c1-16(28-20-10-11-21-18(13-20)15-27-23(21)25)22-5-3-4-12-24(22)14-17-6-8-19(26-2)9-7-17;1-10(14-4-2-3-7-16-14)19-12-5-6-13-11(8-12)9-18-15(13)17;1-7-2-4-8(6-9)5-3-7;1-3(6)8-5-9-4(2)7;1-2(3)4;/h10-11,13,16-17,19,22H,3-9,12,14-15H2,1-2H3;5-6,8,10,14,16H,2-4,7,9H2,1H3;6-8H,2-5H2,1H3;1-2H3;1H3,(H,3,4);/q;;;-1;;+1. The Labute approximate surface area is 437 Å². The zero-order valence-corrected chi connectivity index (χ0v) is 44.9. The van der Waals surface area contributed by atoms with Crippen LogP contribution in [-0.4, -0.2) is 111 Å². The molecular weight excluding hydrogens is 910 g/mol. The minimum atomic E-state index is -0.833. The zero-order chi connectivity index (χ0) is 50.3. The number of carbonyl (C=O) groups excluding carboxylic acids is 5. The molecule has 0 spiro atoms. The van der Waals surface area contributed by atoms with Gasteiger partial charge < -0.3 is 48.2 Å². The molecule has 2 aromatic carbocycles. The summed E-state index contributed by atoms with van der Waals surface area (Å²) >= 11 is 0. The maximum atomic E-state index is 11.6. The average Bonchev–Trinajstić information content (AvgIpc) is 3.90. The number of esters is 2. The third-order valence-electron chi connectivity index (χ3n) is 13.4. The molecule has 4 unspecified atom stereocenters. The molecule has 0 bridgehead atoms. The van der Waals surface area contributed by atoms with Gasteiger partial charge in [-0.05, 0) is 139 Å². The molecule has 2 aromatic rings. The van der Waals surface area contributed by atoms with Crippen LogP contribution in [0.4, 0.5) is 0 Å². The Kier molecular flexibility index (Phi) is 27.7. The summed E-state index contributed by atoms with van der Waals surface area (Å²) in [5.74, 6) is 1.37. The second-order valence-corrected chi connectivity index (χ2v) is 18.9. The maximum absolute atomic E-state index is 11.6. The Morgan fingerprint density at radius 3 is 1.79 bits per heavy atom. The third-order valence-corrected chi connectivity index (χ3v) is 13.4. The van der Waals surface area contributed by atoms with Gasteiger partial charge in [-0.2, -0.15) is 0 Å². The molecule has 0 amide bonds. The molecule has 2 N–H and O–H groups in total. The smallest absolute Gasteiger partial charge is 0.702 e. The van der Waals surface area contributed by atoms with E-state index in [-0.39, 0.29) is 53.7 Å². The number of rotatable bonds is 12. The van der Waals surface area contributed by atoms with Crippen molar-refractivity contribution in [1.82, 2.24) is 10.2 Å². The number of nitrogens with one attached hydrogen (secondary N) is 1. The Morgan fingerprint density at radius 1 is 0.771 bits per heavy atom. The van der Waals surface area contributed by atoms with Crippen LogP contribution >= 0.6 is 0 Å². The minimum Gasteiger partial charge on any atom is -0.702 e. The number of carboxylic acids is 1. The fourth-order valence-electron chi connectivity index (χ4n) is 9.47. The van der Waals surface area contributed by atoms with E-state index in [0.717, 1.165) is 73.5 Å². The Morgan fingerprint density at radius 2 is 1.30 bits per heavy atom. The number of benzene rings is 2. The summed E-state index contributed by atoms with van der Waals surface area (Å²) in [7, 11) is 2.54. The van der Waals surface area contributed by atoms with Crippen molar-refractivity contribution < 1.29 is 96.4 Å². The normalized spacial score (nSPS) is 24.2. The number of methoxy groups -OCH3 is 1. The van der Waals surface area contributed by atoms with Crippen LogP contribution in [-0.2, 0) is 55.9 Å². The molecule has 6 aliphatic rings. The van der Waals surface area contributed by atoms with Crippen LogP contribution in [0, 0.1) is 17.8 Å². The molecule has 8 rings (SSSR count). The number of fused-ring (bicyclic) bond motifs is 2. The summed E-state index contributed by atoms with van der Waals surface area (Å²) in [6, 6.07) is 12.1. The van der Waals surface area contributed by atoms with Gasteiger partial charge >= 0.3 is 41.5 Å². The quantitative estimate of drug-likeness (QED) is 0.159. The maximum Gasteiger partial charge on any atom is 1.00 e. The average molecular weight is 987 g/mol. The molecule has 4 aliphatic heterocycles. The van der Waals surface area contributed by atoms with Gasteiger partial charge in [0.1, 0.15) is 50.9 Å². The first-order chi connectivity index (χ1) is 33.1. The molecule has 382 valence electrons. The van der Waals surface area contributed by atoms with Crippen molar-refractivity contribution in [2.75, 3.05) is 26.7 Å². The van der Waals surface area contributed by atoms with Gasteiger partial charge in [-0.1, -0.05) is 32.6 Å². The van der Waals surface area contributed by atoms with Crippen LogP contribution in [0.2, 0.25) is 0 Å². The van der Waals surface area contributed by atoms with E-state index < -0.39 is 17.9 Å². The van der Waals surface area contributed by atoms with Crippen molar-refractivity contribution in [2.24, 2.45) is 17.8 Å². The topological polar surface area (TPSA) is 203 Å². The SMILES string of the molecule is CC(=O)O.CC(=O)O[B-]OC(C)=O.CC(Oc1ccc2c(c1)COC2=O)C1CCCCN1.CC1CCC(C=O)CC1.COC1CCC(CN2CCCCC2C(C)Oc2ccc3c(c2)COC3=O)CC1.[Na+]. The van der Waals surface area contributed by atoms with Crippen LogP contribution in [0.15, 0.2) is 36.4 Å². The van der Waals surface area contributed by atoms with E-state index in [1.807, 2.05) is 37.4 Å². The molecule has 16 nitrogen and oxygen atoms in total. The molecule has 0 aromatic heterocycles. The summed E-state index contributed by atoms with van der Waals surface area (Å²) in [4.78, 5) is 64.9. The summed E-state index contributed by atoms with van der Waals surface area (Å²) in [6.45, 7) is 14.2. The molecule has 2 radical (unpaired) electrons. The fraction of sp³-hybridized carbons (Fsp3) is 0.654. The van der Waals surface area contributed by atoms with E-state index in [2.05, 4.69) is 40.3 Å². The number of carboxylic acid groups (broad SMARTS) is 1. The van der Waals surface area contributed by atoms with Crippen LogP contribution in [0.1, 0.15) is 163 Å². The fourth-order valence-corrected chi connectivity index (χ4v) is 9.47. The molecule has 18 heteroatoms. The molecule has 2 saturated carbocycles. The summed E-state index contributed by atoms with van der Waals surface area (Å²) in [5, 5.41) is 10.9. The van der Waals surface area contributed by atoms with Gasteiger partial charge in [0.05, 0.1) is 17.2 Å². The molecular formula is C52H76BN2NaO14. The molecule has 4 fully saturated rings. The van der Waals surface area contributed by atoms with Gasteiger partial charge in [-0.3, -0.25) is 19.3 Å². The van der Waals surface area contributed by atoms with Crippen LogP contribution in [0.5, 0.6) is 11.5 Å². The number of hydrogen-bond acceptors (Lipinski definition) is 15. The molecule has 2 saturated heterocycles. The summed E-state index contributed by atoms with van der Waals surface area (Å²) in [6.07, 6.45) is 19.0. The number of hydrogen-bond donors (Lipinski definition) is 2. The predicted octanol–water partition coefficient (Wildman–Crippen LogP) is 5.20. The molecule has 4 atom stereocenters. The van der Waals surface area contributed by atoms with Crippen molar-refractivity contribution in [3.8, 4) is 11.5 Å². The van der Waals surface area contributed by atoms with Crippen LogP contribution < -0.4 is 44.3 Å². The Hall–Kier alpha value is -4.00. The van der Waals surface area contributed by atoms with Crippen molar-refractivity contribution >= 4 is 43.8 Å². The monoisotopic (exact) mass is 987 g/mol. The van der Waals surface area contributed by atoms with Crippen LogP contribution in [0.25, 0.3) is 0 Å². The number of aliphatic carboxylic acids is 1. The summed E-state index contributed by atoms with van der Waals surface area (Å²) < 4.78 is 36.2. The number of ether oxygens (including phenoxy) is 5. The Bertz CT molecular complexity index is 1930. The van der Waals surface area contributed by atoms with E-state index in [4.69, 9.17) is 33.6 Å². The van der Waals surface area contributed by atoms with E-state index in [1.54, 1.807) is 6.07 Å². The molecule has 2 aliphatic carbocycles. The van der Waals surface area contributed by atoms with Crippen molar-refractivity contribution in [3.05, 3.63) is 58.7 Å². The van der Waals surface area contributed by atoms with Crippen LogP contribution in [0.3, 0.4) is 0 Å². The zero-order valence-electron chi connectivity index (χ0n) is 42.9. The number of cyclic esters (lactones) is 2. The first-order valence-electron chi connectivity index (χ1n) is 24.8. The van der Waals surface area contributed by atoms with Gasteiger partial charge in [0.25, 0.3) is 17.9 Å². The van der Waals surface area contributed by atoms with E-state index in [1.165, 1.54) is 97.6 Å². The first-order valence-corrected chi connectivity index (χ1v) is 24.8. The van der Waals surface area contributed by atoms with Crippen molar-refractivity contribution in [2.45, 2.75) is 175 Å². The number of likely N-dealkylation sites (tertiary alicyclic amines) is 1. The molecule has 4 heterocycles. The summed E-state index contributed by atoms with van der Waals surface area (Å²) in [5.41, 5.74) is 3.19. The van der Waals surface area contributed by atoms with E-state index in [0.29, 0.717) is 56.1 Å². The second kappa shape index (κ2) is 32.2. The number of aldehydes is 1. The largest absolute Gasteiger partial charge is 1.00 e. The van der Waals surface area contributed by atoms with Gasteiger partial charge in [0, 0.05) is 63.6 Å². The second-order valence-electron chi connectivity index (χ2n) is 18.9. The number of nitrogens with zero attached hydrogens (tertiary/aromatic N) is 1. The van der Waals surface area contributed by atoms with Gasteiger partial charge in [0.15, 0.2) is 0 Å². The van der Waals surface area contributed by atoms with Gasteiger partial charge in [-0.25, -0.2) is 9.59 Å². The molecule has 70 heavy (non-hydrogen) atoms. The van der Waals surface area contributed by atoms with Crippen molar-refractivity contribution in [3.63, 3.8) is 0 Å². The van der Waals surface area contributed by atoms with Gasteiger partial charge in [0.2, 0.25) is 0 Å². The number of piperidine rings is 2. The third kappa shape index (κ3) is 21.4. The van der Waals surface area contributed by atoms with E-state index in [9.17, 15) is 24.0 Å². The van der Waals surface area contributed by atoms with E-state index >= 15 is 0 Å².